The van der Waals surface area contributed by atoms with E-state index in [9.17, 15) is 13.6 Å². The Hall–Kier alpha value is -1.49. The highest BCUT2D eigenvalue weighted by atomic mass is 19.2. The van der Waals surface area contributed by atoms with Gasteiger partial charge < -0.3 is 10.1 Å². The summed E-state index contributed by atoms with van der Waals surface area (Å²) < 4.78 is 31.7. The summed E-state index contributed by atoms with van der Waals surface area (Å²) in [6.07, 6.45) is 0. The average molecular weight is 283 g/mol. The Morgan fingerprint density at radius 3 is 2.55 bits per heavy atom. The molecule has 0 spiro atoms. The maximum atomic E-state index is 13.3. The van der Waals surface area contributed by atoms with Crippen LogP contribution in [0.3, 0.4) is 0 Å². The molecule has 110 valence electrons. The first-order valence-electron chi connectivity index (χ1n) is 6.66. The highest BCUT2D eigenvalue weighted by molar-refractivity contribution is 5.75. The van der Waals surface area contributed by atoms with Crippen LogP contribution in [0.2, 0.25) is 0 Å². The van der Waals surface area contributed by atoms with Gasteiger partial charge in [0, 0.05) is 19.0 Å². The lowest BCUT2D eigenvalue weighted by molar-refractivity contribution is -0.159. The van der Waals surface area contributed by atoms with Crippen LogP contribution in [0.15, 0.2) is 18.2 Å². The first-order valence-corrected chi connectivity index (χ1v) is 6.66. The van der Waals surface area contributed by atoms with Crippen LogP contribution in [0.4, 0.5) is 8.78 Å². The molecule has 2 rings (SSSR count). The largest absolute Gasteiger partial charge is 0.460 e. The van der Waals surface area contributed by atoms with Crippen molar-refractivity contribution in [2.75, 3.05) is 13.1 Å². The minimum atomic E-state index is -0.891. The van der Waals surface area contributed by atoms with Gasteiger partial charge in [-0.15, -0.1) is 0 Å². The van der Waals surface area contributed by atoms with Crippen LogP contribution in [0.1, 0.15) is 32.3 Å². The Labute approximate surface area is 117 Å². The normalized spacial score (nSPS) is 22.9. The van der Waals surface area contributed by atoms with E-state index in [1.807, 2.05) is 0 Å². The van der Waals surface area contributed by atoms with Crippen LogP contribution in [0, 0.1) is 17.6 Å². The summed E-state index contributed by atoms with van der Waals surface area (Å²) in [7, 11) is 0. The predicted octanol–water partition coefficient (Wildman–Crippen LogP) is 2.61. The van der Waals surface area contributed by atoms with E-state index in [4.69, 9.17) is 4.74 Å². The monoisotopic (exact) mass is 283 g/mol. The van der Waals surface area contributed by atoms with Crippen molar-refractivity contribution < 1.29 is 18.3 Å². The van der Waals surface area contributed by atoms with E-state index in [0.29, 0.717) is 18.7 Å². The smallest absolute Gasteiger partial charge is 0.311 e. The van der Waals surface area contributed by atoms with Crippen LogP contribution in [0.5, 0.6) is 0 Å². The van der Waals surface area contributed by atoms with E-state index in [1.54, 1.807) is 20.8 Å². The Kier molecular flexibility index (Phi) is 4.09. The van der Waals surface area contributed by atoms with E-state index in [-0.39, 0.29) is 17.8 Å². The number of benzene rings is 1. The molecule has 1 aliphatic rings. The molecule has 0 radical (unpaired) electrons. The Balaban J connectivity index is 2.18. The Bertz CT molecular complexity index is 511. The molecule has 1 fully saturated rings. The van der Waals surface area contributed by atoms with Gasteiger partial charge in [-0.3, -0.25) is 4.79 Å². The van der Waals surface area contributed by atoms with Gasteiger partial charge in [-0.2, -0.15) is 0 Å². The fourth-order valence-electron chi connectivity index (χ4n) is 2.40. The summed E-state index contributed by atoms with van der Waals surface area (Å²) in [6, 6.07) is 3.77. The Morgan fingerprint density at radius 2 is 1.95 bits per heavy atom. The molecule has 1 aromatic carbocycles. The molecule has 1 saturated heterocycles. The van der Waals surface area contributed by atoms with Gasteiger partial charge >= 0.3 is 5.97 Å². The highest BCUT2D eigenvalue weighted by Gasteiger charge is 2.37. The predicted molar refractivity (Wildman–Crippen MR) is 71.3 cm³/mol. The number of carbonyl (C=O) groups is 1. The van der Waals surface area contributed by atoms with Crippen LogP contribution in [0.25, 0.3) is 0 Å². The van der Waals surface area contributed by atoms with Crippen molar-refractivity contribution in [1.29, 1.82) is 0 Å². The van der Waals surface area contributed by atoms with E-state index in [2.05, 4.69) is 5.32 Å². The number of halogens is 2. The summed E-state index contributed by atoms with van der Waals surface area (Å²) in [4.78, 5) is 12.2. The van der Waals surface area contributed by atoms with Crippen molar-refractivity contribution in [1.82, 2.24) is 5.32 Å². The van der Waals surface area contributed by atoms with Gasteiger partial charge in [0.2, 0.25) is 0 Å². The lowest BCUT2D eigenvalue weighted by atomic mass is 9.89. The van der Waals surface area contributed by atoms with E-state index in [1.165, 1.54) is 6.07 Å². The molecule has 0 unspecified atom stereocenters. The van der Waals surface area contributed by atoms with Crippen LogP contribution >= 0.6 is 0 Å². The second-order valence-electron chi connectivity index (χ2n) is 6.08. The Morgan fingerprint density at radius 1 is 1.25 bits per heavy atom. The van der Waals surface area contributed by atoms with E-state index in [0.717, 1.165) is 12.1 Å². The minimum Gasteiger partial charge on any atom is -0.460 e. The van der Waals surface area contributed by atoms with Gasteiger partial charge in [-0.1, -0.05) is 6.07 Å². The molecule has 1 aliphatic heterocycles. The summed E-state index contributed by atoms with van der Waals surface area (Å²) in [6.45, 7) is 6.45. The lowest BCUT2D eigenvalue weighted by Crippen LogP contribution is -2.31. The molecule has 0 bridgehead atoms. The van der Waals surface area contributed by atoms with Crippen molar-refractivity contribution >= 4 is 5.97 Å². The van der Waals surface area contributed by atoms with Gasteiger partial charge in [0.15, 0.2) is 11.6 Å². The number of carbonyl (C=O) groups excluding carboxylic acids is 1. The van der Waals surface area contributed by atoms with E-state index >= 15 is 0 Å². The topological polar surface area (TPSA) is 38.3 Å². The number of rotatable bonds is 2. The van der Waals surface area contributed by atoms with Crippen molar-refractivity contribution in [3.05, 3.63) is 35.4 Å². The molecular formula is C15H19F2NO2. The third-order valence-electron chi connectivity index (χ3n) is 3.30. The maximum absolute atomic E-state index is 13.3. The highest BCUT2D eigenvalue weighted by Crippen LogP contribution is 2.31. The van der Waals surface area contributed by atoms with Crippen molar-refractivity contribution in [2.45, 2.75) is 32.3 Å². The molecule has 2 atom stereocenters. The standard InChI is InChI=1S/C15H19F2NO2/c1-15(2,3)20-14(19)11-8-18-7-10(11)9-4-5-12(16)13(17)6-9/h4-6,10-11,18H,7-8H2,1-3H3/t10-,11+/m0/s1. The van der Waals surface area contributed by atoms with E-state index < -0.39 is 17.2 Å². The quantitative estimate of drug-likeness (QED) is 0.848. The zero-order valence-corrected chi connectivity index (χ0v) is 11.9. The van der Waals surface area contributed by atoms with Gasteiger partial charge in [-0.05, 0) is 38.5 Å². The van der Waals surface area contributed by atoms with Gasteiger partial charge in [-0.25, -0.2) is 8.78 Å². The summed E-state index contributed by atoms with van der Waals surface area (Å²) in [5.74, 6) is -2.65. The number of esters is 1. The molecule has 20 heavy (non-hydrogen) atoms. The minimum absolute atomic E-state index is 0.194. The fourth-order valence-corrected chi connectivity index (χ4v) is 2.40. The third kappa shape index (κ3) is 3.33. The fraction of sp³-hybridized carbons (Fsp3) is 0.533. The number of ether oxygens (including phenoxy) is 1. The third-order valence-corrected chi connectivity index (χ3v) is 3.30. The average Bonchev–Trinajstić information content (AvgIpc) is 2.79. The molecule has 1 aromatic rings. The van der Waals surface area contributed by atoms with Gasteiger partial charge in [0.25, 0.3) is 0 Å². The molecule has 5 heteroatoms. The molecule has 0 aliphatic carbocycles. The van der Waals surface area contributed by atoms with Gasteiger partial charge in [0.1, 0.15) is 5.60 Å². The van der Waals surface area contributed by atoms with Crippen molar-refractivity contribution in [3.8, 4) is 0 Å². The molecule has 0 amide bonds. The number of hydrogen-bond donors (Lipinski definition) is 1. The first-order chi connectivity index (χ1) is 9.28. The summed E-state index contributed by atoms with van der Waals surface area (Å²) >= 11 is 0. The summed E-state index contributed by atoms with van der Waals surface area (Å²) in [5.41, 5.74) is 0.0582. The summed E-state index contributed by atoms with van der Waals surface area (Å²) in [5, 5.41) is 3.10. The SMILES string of the molecule is CC(C)(C)OC(=O)[C@@H]1CNC[C@H]1c1ccc(F)c(F)c1. The molecule has 3 nitrogen and oxygen atoms in total. The molecular weight excluding hydrogens is 264 g/mol. The second-order valence-corrected chi connectivity index (χ2v) is 6.08. The molecule has 1 heterocycles. The zero-order chi connectivity index (χ0) is 14.9. The number of hydrogen-bond acceptors (Lipinski definition) is 3. The number of nitrogens with one attached hydrogen (secondary N) is 1. The van der Waals surface area contributed by atoms with Gasteiger partial charge in [0.05, 0.1) is 5.92 Å². The maximum Gasteiger partial charge on any atom is 0.311 e. The molecule has 0 aromatic heterocycles. The van der Waals surface area contributed by atoms with Crippen LogP contribution < -0.4 is 5.32 Å². The van der Waals surface area contributed by atoms with Crippen LogP contribution in [-0.4, -0.2) is 24.7 Å². The zero-order valence-electron chi connectivity index (χ0n) is 11.9. The van der Waals surface area contributed by atoms with Crippen molar-refractivity contribution in [3.63, 3.8) is 0 Å². The van der Waals surface area contributed by atoms with Crippen LogP contribution in [-0.2, 0) is 9.53 Å². The first kappa shape index (κ1) is 14.9. The van der Waals surface area contributed by atoms with Crippen molar-refractivity contribution in [2.24, 2.45) is 5.92 Å². The molecule has 1 N–H and O–H groups in total. The second kappa shape index (κ2) is 5.48. The molecule has 0 saturated carbocycles. The lowest BCUT2D eigenvalue weighted by Gasteiger charge is -2.24.